The van der Waals surface area contributed by atoms with Crippen LogP contribution in [-0.2, 0) is 0 Å². The monoisotopic (exact) mass is 209 g/mol. The number of aromatic nitrogens is 2. The molecule has 82 valence electrons. The molecule has 5 nitrogen and oxygen atoms in total. The molecule has 0 aliphatic heterocycles. The number of hydrogen-bond donors (Lipinski definition) is 2. The Balaban J connectivity index is 2.68. The van der Waals surface area contributed by atoms with Crippen molar-refractivity contribution in [2.45, 2.75) is 13.3 Å². The van der Waals surface area contributed by atoms with E-state index in [1.165, 1.54) is 13.4 Å². The summed E-state index contributed by atoms with van der Waals surface area (Å²) >= 11 is 0. The highest BCUT2D eigenvalue weighted by Gasteiger charge is 2.06. The minimum absolute atomic E-state index is 0.220. The Labute approximate surface area is 88.2 Å². The first-order valence-electron chi connectivity index (χ1n) is 4.76. The van der Waals surface area contributed by atoms with Crippen molar-refractivity contribution in [3.05, 3.63) is 28.8 Å². The minimum Gasteiger partial charge on any atom is -0.489 e. The van der Waals surface area contributed by atoms with Crippen LogP contribution in [0.4, 0.5) is 5.82 Å². The number of rotatable bonds is 5. The van der Waals surface area contributed by atoms with Crippen LogP contribution in [0.25, 0.3) is 0 Å². The van der Waals surface area contributed by atoms with Crippen LogP contribution in [0.15, 0.2) is 23.3 Å². The van der Waals surface area contributed by atoms with Gasteiger partial charge in [0, 0.05) is 6.54 Å². The van der Waals surface area contributed by atoms with Crippen molar-refractivity contribution in [2.24, 2.45) is 0 Å². The molecular weight excluding hydrogens is 194 g/mol. The van der Waals surface area contributed by atoms with E-state index in [1.807, 2.05) is 19.1 Å². The lowest BCUT2D eigenvalue weighted by atomic mass is 10.4. The maximum Gasteiger partial charge on any atom is 0.295 e. The topological polar surface area (TPSA) is 67.0 Å². The van der Waals surface area contributed by atoms with Gasteiger partial charge >= 0.3 is 0 Å². The summed E-state index contributed by atoms with van der Waals surface area (Å²) in [5, 5.41) is 3.03. The molecular formula is C10H15N3O2. The molecule has 0 fully saturated rings. The van der Waals surface area contributed by atoms with Gasteiger partial charge in [-0.15, -0.1) is 0 Å². The lowest BCUT2D eigenvalue weighted by Crippen LogP contribution is -2.14. The molecule has 1 heterocycles. The maximum atomic E-state index is 11.3. The average molecular weight is 209 g/mol. The lowest BCUT2D eigenvalue weighted by Gasteiger charge is -2.07. The predicted octanol–water partition coefficient (Wildman–Crippen LogP) is 1.16. The van der Waals surface area contributed by atoms with Gasteiger partial charge in [-0.05, 0) is 13.3 Å². The largest absolute Gasteiger partial charge is 0.489 e. The molecule has 0 bridgehead atoms. The van der Waals surface area contributed by atoms with Gasteiger partial charge in [0.25, 0.3) is 5.56 Å². The minimum atomic E-state index is -0.277. The number of anilines is 1. The molecule has 0 amide bonds. The van der Waals surface area contributed by atoms with E-state index in [0.29, 0.717) is 5.82 Å². The molecule has 2 N–H and O–H groups in total. The zero-order chi connectivity index (χ0) is 11.1. The number of hydrogen-bond acceptors (Lipinski definition) is 4. The Morgan fingerprint density at radius 3 is 3.13 bits per heavy atom. The van der Waals surface area contributed by atoms with Crippen molar-refractivity contribution in [1.82, 2.24) is 9.97 Å². The Morgan fingerprint density at radius 1 is 1.67 bits per heavy atom. The number of nitrogens with one attached hydrogen (secondary N) is 2. The second-order valence-electron chi connectivity index (χ2n) is 2.90. The number of ether oxygens (including phenoxy) is 1. The quantitative estimate of drug-likeness (QED) is 0.564. The summed E-state index contributed by atoms with van der Waals surface area (Å²) in [7, 11) is 1.45. The second-order valence-corrected chi connectivity index (χ2v) is 2.90. The van der Waals surface area contributed by atoms with E-state index in [1.54, 1.807) is 0 Å². The van der Waals surface area contributed by atoms with Crippen LogP contribution in [-0.4, -0.2) is 23.6 Å². The van der Waals surface area contributed by atoms with E-state index >= 15 is 0 Å². The SMILES string of the molecule is C/C=C/CCNc1nc[nH]c(=O)c1OC. The van der Waals surface area contributed by atoms with Crippen molar-refractivity contribution < 1.29 is 4.74 Å². The van der Waals surface area contributed by atoms with Crippen LogP contribution in [0.1, 0.15) is 13.3 Å². The number of nitrogens with zero attached hydrogens (tertiary/aromatic N) is 1. The summed E-state index contributed by atoms with van der Waals surface area (Å²) in [6.45, 7) is 2.68. The molecule has 0 aliphatic carbocycles. The number of aromatic amines is 1. The predicted molar refractivity (Wildman–Crippen MR) is 59.3 cm³/mol. The average Bonchev–Trinajstić information content (AvgIpc) is 2.24. The number of allylic oxidation sites excluding steroid dienone is 1. The summed E-state index contributed by atoms with van der Waals surface area (Å²) in [6, 6.07) is 0. The molecule has 0 saturated carbocycles. The van der Waals surface area contributed by atoms with Gasteiger partial charge in [-0.25, -0.2) is 4.98 Å². The highest BCUT2D eigenvalue weighted by molar-refractivity contribution is 5.47. The van der Waals surface area contributed by atoms with Crippen molar-refractivity contribution in [3.63, 3.8) is 0 Å². The molecule has 1 aromatic rings. The molecule has 5 heteroatoms. The van der Waals surface area contributed by atoms with Gasteiger partial charge in [-0.1, -0.05) is 12.2 Å². The highest BCUT2D eigenvalue weighted by Crippen LogP contribution is 2.13. The van der Waals surface area contributed by atoms with E-state index in [0.717, 1.165) is 13.0 Å². The Hall–Kier alpha value is -1.78. The van der Waals surface area contributed by atoms with Crippen LogP contribution in [0.3, 0.4) is 0 Å². The van der Waals surface area contributed by atoms with Crippen LogP contribution in [0.2, 0.25) is 0 Å². The van der Waals surface area contributed by atoms with Crippen molar-refractivity contribution in [2.75, 3.05) is 19.0 Å². The third kappa shape index (κ3) is 3.12. The lowest BCUT2D eigenvalue weighted by molar-refractivity contribution is 0.408. The first kappa shape index (κ1) is 11.3. The van der Waals surface area contributed by atoms with E-state index in [-0.39, 0.29) is 11.3 Å². The smallest absolute Gasteiger partial charge is 0.295 e. The van der Waals surface area contributed by atoms with Crippen LogP contribution in [0, 0.1) is 0 Å². The Kier molecular flexibility index (Phi) is 4.40. The zero-order valence-electron chi connectivity index (χ0n) is 8.91. The van der Waals surface area contributed by atoms with Gasteiger partial charge in [0.05, 0.1) is 13.4 Å². The van der Waals surface area contributed by atoms with Crippen LogP contribution >= 0.6 is 0 Å². The van der Waals surface area contributed by atoms with Crippen molar-refractivity contribution >= 4 is 5.82 Å². The molecule has 0 aromatic carbocycles. The first-order valence-corrected chi connectivity index (χ1v) is 4.76. The third-order valence-electron chi connectivity index (χ3n) is 1.85. The Morgan fingerprint density at radius 2 is 2.47 bits per heavy atom. The van der Waals surface area contributed by atoms with E-state index in [9.17, 15) is 4.79 Å². The van der Waals surface area contributed by atoms with Gasteiger partial charge < -0.3 is 15.0 Å². The van der Waals surface area contributed by atoms with Crippen molar-refractivity contribution in [3.8, 4) is 5.75 Å². The molecule has 0 atom stereocenters. The fourth-order valence-corrected chi connectivity index (χ4v) is 1.14. The third-order valence-corrected chi connectivity index (χ3v) is 1.85. The number of methoxy groups -OCH3 is 1. The molecule has 1 aromatic heterocycles. The van der Waals surface area contributed by atoms with E-state index in [4.69, 9.17) is 4.74 Å². The molecule has 1 rings (SSSR count). The van der Waals surface area contributed by atoms with Gasteiger partial charge in [-0.2, -0.15) is 0 Å². The molecule has 0 radical (unpaired) electrons. The van der Waals surface area contributed by atoms with Crippen molar-refractivity contribution in [1.29, 1.82) is 0 Å². The summed E-state index contributed by atoms with van der Waals surface area (Å²) in [5.41, 5.74) is -0.277. The maximum absolute atomic E-state index is 11.3. The number of H-pyrrole nitrogens is 1. The van der Waals surface area contributed by atoms with Gasteiger partial charge in [0.15, 0.2) is 5.82 Å². The second kappa shape index (κ2) is 5.85. The molecule has 0 aliphatic rings. The van der Waals surface area contributed by atoms with Crippen LogP contribution < -0.4 is 15.6 Å². The standard InChI is InChI=1S/C10H15N3O2/c1-3-4-5-6-11-9-8(15-2)10(14)13-7-12-9/h3-4,7H,5-6H2,1-2H3,(H2,11,12,13,14)/b4-3+. The fourth-order valence-electron chi connectivity index (χ4n) is 1.14. The summed E-state index contributed by atoms with van der Waals surface area (Å²) in [6.07, 6.45) is 6.24. The summed E-state index contributed by atoms with van der Waals surface area (Å²) in [5.74, 6) is 0.698. The van der Waals surface area contributed by atoms with Crippen LogP contribution in [0.5, 0.6) is 5.75 Å². The van der Waals surface area contributed by atoms with E-state index < -0.39 is 0 Å². The van der Waals surface area contributed by atoms with E-state index in [2.05, 4.69) is 15.3 Å². The van der Waals surface area contributed by atoms with Gasteiger partial charge in [0.1, 0.15) is 0 Å². The zero-order valence-corrected chi connectivity index (χ0v) is 8.91. The summed E-state index contributed by atoms with van der Waals surface area (Å²) < 4.78 is 4.95. The first-order chi connectivity index (χ1) is 7.29. The molecule has 0 unspecified atom stereocenters. The molecule has 0 spiro atoms. The summed E-state index contributed by atoms with van der Waals surface area (Å²) in [4.78, 5) is 17.7. The van der Waals surface area contributed by atoms with Gasteiger partial charge in [-0.3, -0.25) is 4.79 Å². The fraction of sp³-hybridized carbons (Fsp3) is 0.400. The normalized spacial score (nSPS) is 10.5. The van der Waals surface area contributed by atoms with Gasteiger partial charge in [0.2, 0.25) is 5.75 Å². The molecule has 0 saturated heterocycles. The Bertz CT molecular complexity index is 384. The highest BCUT2D eigenvalue weighted by atomic mass is 16.5. The molecule has 15 heavy (non-hydrogen) atoms.